The number of azo groups is 1. The number of hydrogen-bond donors (Lipinski definition) is 1. The lowest BCUT2D eigenvalue weighted by Gasteiger charge is -2.11. The first-order valence-corrected chi connectivity index (χ1v) is 8.08. The fraction of sp³-hybridized carbons (Fsp3) is 0.263. The maximum absolute atomic E-state index is 12.2. The molecule has 1 N–H and O–H groups in total. The third-order valence-electron chi connectivity index (χ3n) is 3.66. The van der Waals surface area contributed by atoms with Crippen LogP contribution in [0.4, 0.5) is 17.1 Å². The van der Waals surface area contributed by atoms with Gasteiger partial charge < -0.3 is 15.0 Å². The molecular formula is C19H22N4O3. The summed E-state index contributed by atoms with van der Waals surface area (Å²) in [6, 6.07) is 13.6. The highest BCUT2D eigenvalue weighted by molar-refractivity contribution is 5.97. The van der Waals surface area contributed by atoms with E-state index in [0.29, 0.717) is 16.9 Å². The number of benzene rings is 2. The Bertz CT molecular complexity index is 801. The van der Waals surface area contributed by atoms with Crippen LogP contribution in [-0.4, -0.2) is 39.1 Å². The van der Waals surface area contributed by atoms with Crippen LogP contribution < -0.4 is 10.2 Å². The van der Waals surface area contributed by atoms with E-state index in [1.165, 1.54) is 7.11 Å². The van der Waals surface area contributed by atoms with Gasteiger partial charge in [-0.05, 0) is 49.4 Å². The van der Waals surface area contributed by atoms with Crippen molar-refractivity contribution in [2.24, 2.45) is 10.2 Å². The second-order valence-corrected chi connectivity index (χ2v) is 5.88. The van der Waals surface area contributed by atoms with Gasteiger partial charge in [-0.3, -0.25) is 4.79 Å². The van der Waals surface area contributed by atoms with Gasteiger partial charge >= 0.3 is 5.97 Å². The van der Waals surface area contributed by atoms with Crippen molar-refractivity contribution in [1.29, 1.82) is 0 Å². The summed E-state index contributed by atoms with van der Waals surface area (Å²) in [6.45, 7) is 1.56. The Balaban J connectivity index is 2.08. The minimum atomic E-state index is -0.729. The average molecular weight is 354 g/mol. The molecule has 0 heterocycles. The molecule has 0 radical (unpaired) electrons. The molecule has 0 aliphatic heterocycles. The van der Waals surface area contributed by atoms with Gasteiger partial charge in [0.2, 0.25) is 0 Å². The number of nitrogens with zero attached hydrogens (tertiary/aromatic N) is 3. The molecule has 1 amide bonds. The first-order chi connectivity index (χ1) is 12.4. The van der Waals surface area contributed by atoms with Crippen LogP contribution in [0.15, 0.2) is 58.8 Å². The van der Waals surface area contributed by atoms with Crippen molar-refractivity contribution in [2.45, 2.75) is 13.0 Å². The molecule has 0 fully saturated rings. The zero-order valence-electron chi connectivity index (χ0n) is 15.3. The number of anilines is 1. The van der Waals surface area contributed by atoms with Crippen LogP contribution in [0.3, 0.4) is 0 Å². The van der Waals surface area contributed by atoms with E-state index in [-0.39, 0.29) is 5.91 Å². The Hall–Kier alpha value is -3.22. The molecule has 0 aliphatic rings. The summed E-state index contributed by atoms with van der Waals surface area (Å²) in [5, 5.41) is 10.9. The van der Waals surface area contributed by atoms with E-state index in [2.05, 4.69) is 20.3 Å². The molecular weight excluding hydrogens is 332 g/mol. The number of amides is 1. The summed E-state index contributed by atoms with van der Waals surface area (Å²) < 4.78 is 4.59. The number of rotatable bonds is 6. The lowest BCUT2D eigenvalue weighted by atomic mass is 10.2. The molecule has 0 saturated carbocycles. The van der Waals surface area contributed by atoms with Gasteiger partial charge in [-0.1, -0.05) is 6.07 Å². The highest BCUT2D eigenvalue weighted by atomic mass is 16.5. The Kier molecular flexibility index (Phi) is 6.43. The number of hydrogen-bond acceptors (Lipinski definition) is 6. The fourth-order valence-electron chi connectivity index (χ4n) is 2.16. The van der Waals surface area contributed by atoms with Crippen LogP contribution in [-0.2, 0) is 9.53 Å². The number of carbonyl (C=O) groups is 2. The van der Waals surface area contributed by atoms with Gasteiger partial charge in [0.05, 0.1) is 18.5 Å². The molecule has 2 aromatic carbocycles. The van der Waals surface area contributed by atoms with Crippen LogP contribution in [0.2, 0.25) is 0 Å². The van der Waals surface area contributed by atoms with Crippen LogP contribution in [0.1, 0.15) is 17.3 Å². The van der Waals surface area contributed by atoms with Gasteiger partial charge in [-0.25, -0.2) is 4.79 Å². The topological polar surface area (TPSA) is 83.4 Å². The SMILES string of the molecule is COC(=O)[C@H](C)NC(=O)c1cccc(N=Nc2ccc(N(C)C)cc2)c1. The van der Waals surface area contributed by atoms with Gasteiger partial charge in [0.1, 0.15) is 6.04 Å². The number of nitrogens with one attached hydrogen (secondary N) is 1. The van der Waals surface area contributed by atoms with E-state index in [0.717, 1.165) is 5.69 Å². The summed E-state index contributed by atoms with van der Waals surface area (Å²) in [5.74, 6) is -0.884. The lowest BCUT2D eigenvalue weighted by Crippen LogP contribution is -2.39. The van der Waals surface area contributed by atoms with Gasteiger partial charge in [-0.15, -0.1) is 0 Å². The Morgan fingerprint density at radius 1 is 1.04 bits per heavy atom. The molecule has 7 heteroatoms. The summed E-state index contributed by atoms with van der Waals surface area (Å²) in [5.41, 5.74) is 2.72. The third-order valence-corrected chi connectivity index (χ3v) is 3.66. The smallest absolute Gasteiger partial charge is 0.328 e. The van der Waals surface area contributed by atoms with Gasteiger partial charge in [0.25, 0.3) is 5.91 Å². The van der Waals surface area contributed by atoms with Crippen molar-refractivity contribution in [2.75, 3.05) is 26.1 Å². The molecule has 7 nitrogen and oxygen atoms in total. The zero-order valence-corrected chi connectivity index (χ0v) is 15.3. The predicted octanol–water partition coefficient (Wildman–Crippen LogP) is 3.46. The van der Waals surface area contributed by atoms with E-state index in [4.69, 9.17) is 0 Å². The average Bonchev–Trinajstić information content (AvgIpc) is 2.66. The minimum absolute atomic E-state index is 0.379. The molecule has 0 spiro atoms. The molecule has 2 rings (SSSR count). The maximum Gasteiger partial charge on any atom is 0.328 e. The first-order valence-electron chi connectivity index (χ1n) is 8.08. The van der Waals surface area contributed by atoms with E-state index in [9.17, 15) is 9.59 Å². The van der Waals surface area contributed by atoms with E-state index >= 15 is 0 Å². The second kappa shape index (κ2) is 8.75. The highest BCUT2D eigenvalue weighted by Crippen LogP contribution is 2.22. The van der Waals surface area contributed by atoms with Crippen molar-refractivity contribution in [3.05, 3.63) is 54.1 Å². The van der Waals surface area contributed by atoms with Gasteiger partial charge in [0, 0.05) is 25.3 Å². The summed E-state index contributed by atoms with van der Waals surface area (Å²) in [6.07, 6.45) is 0. The fourth-order valence-corrected chi connectivity index (χ4v) is 2.16. The Morgan fingerprint density at radius 2 is 1.69 bits per heavy atom. The number of ether oxygens (including phenoxy) is 1. The minimum Gasteiger partial charge on any atom is -0.467 e. The zero-order chi connectivity index (χ0) is 19.1. The lowest BCUT2D eigenvalue weighted by molar-refractivity contribution is -0.142. The normalized spacial score (nSPS) is 11.8. The number of esters is 1. The van der Waals surface area contributed by atoms with E-state index < -0.39 is 12.0 Å². The monoisotopic (exact) mass is 354 g/mol. The van der Waals surface area contributed by atoms with Crippen molar-refractivity contribution in [3.8, 4) is 0 Å². The molecule has 0 bridgehead atoms. The van der Waals surface area contributed by atoms with Crippen molar-refractivity contribution in [3.63, 3.8) is 0 Å². The van der Waals surface area contributed by atoms with Crippen LogP contribution in [0.25, 0.3) is 0 Å². The largest absolute Gasteiger partial charge is 0.467 e. The first kappa shape index (κ1) is 19.1. The molecule has 26 heavy (non-hydrogen) atoms. The number of methoxy groups -OCH3 is 1. The Labute approximate surface area is 152 Å². The van der Waals surface area contributed by atoms with Gasteiger partial charge in [-0.2, -0.15) is 10.2 Å². The molecule has 0 unspecified atom stereocenters. The summed E-state index contributed by atoms with van der Waals surface area (Å²) in [4.78, 5) is 25.6. The van der Waals surface area contributed by atoms with Crippen LogP contribution in [0, 0.1) is 0 Å². The molecule has 0 aliphatic carbocycles. The standard InChI is InChI=1S/C19H22N4O3/c1-13(19(25)26-4)20-18(24)14-6-5-7-16(12-14)22-21-15-8-10-17(11-9-15)23(2)3/h5-13H,1-4H3,(H,20,24)/t13-/m0/s1. The molecule has 2 aromatic rings. The Morgan fingerprint density at radius 3 is 2.31 bits per heavy atom. The summed E-state index contributed by atoms with van der Waals surface area (Å²) >= 11 is 0. The third kappa shape index (κ3) is 5.14. The molecule has 0 saturated heterocycles. The highest BCUT2D eigenvalue weighted by Gasteiger charge is 2.16. The quantitative estimate of drug-likeness (QED) is 0.636. The molecule has 136 valence electrons. The number of carbonyl (C=O) groups excluding carboxylic acids is 2. The van der Waals surface area contributed by atoms with Gasteiger partial charge in [0.15, 0.2) is 0 Å². The molecule has 1 atom stereocenters. The van der Waals surface area contributed by atoms with Crippen molar-refractivity contribution in [1.82, 2.24) is 5.32 Å². The second-order valence-electron chi connectivity index (χ2n) is 5.88. The van der Waals surface area contributed by atoms with Crippen LogP contribution in [0.5, 0.6) is 0 Å². The van der Waals surface area contributed by atoms with Crippen molar-refractivity contribution >= 4 is 28.9 Å². The molecule has 0 aromatic heterocycles. The summed E-state index contributed by atoms with van der Waals surface area (Å²) in [7, 11) is 5.21. The van der Waals surface area contributed by atoms with Crippen LogP contribution >= 0.6 is 0 Å². The predicted molar refractivity (Wildman–Crippen MR) is 100 cm³/mol. The van der Waals surface area contributed by atoms with E-state index in [1.54, 1.807) is 31.2 Å². The van der Waals surface area contributed by atoms with Crippen molar-refractivity contribution < 1.29 is 14.3 Å². The van der Waals surface area contributed by atoms with E-state index in [1.807, 2.05) is 43.3 Å². The maximum atomic E-state index is 12.2.